The minimum absolute atomic E-state index is 0.145. The highest BCUT2D eigenvalue weighted by Crippen LogP contribution is 2.25. The number of hydrogen-bond donors (Lipinski definition) is 1. The zero-order valence-corrected chi connectivity index (χ0v) is 16.9. The zero-order chi connectivity index (χ0) is 20.2. The number of benzene rings is 2. The second-order valence-corrected chi connectivity index (χ2v) is 7.35. The number of carbonyl (C=O) groups excluding carboxylic acids is 1. The summed E-state index contributed by atoms with van der Waals surface area (Å²) < 4.78 is 7.77. The fourth-order valence-electron chi connectivity index (χ4n) is 3.75. The largest absolute Gasteiger partial charge is 0.494 e. The van der Waals surface area contributed by atoms with Gasteiger partial charge in [0.25, 0.3) is 5.91 Å². The van der Waals surface area contributed by atoms with Gasteiger partial charge in [0.15, 0.2) is 5.82 Å². The molecule has 0 fully saturated rings. The van der Waals surface area contributed by atoms with Crippen LogP contribution in [0.3, 0.4) is 0 Å². The lowest BCUT2D eigenvalue weighted by molar-refractivity contribution is 0.102. The minimum Gasteiger partial charge on any atom is -0.494 e. The molecule has 0 spiro atoms. The van der Waals surface area contributed by atoms with E-state index in [0.29, 0.717) is 12.2 Å². The van der Waals surface area contributed by atoms with Crippen molar-refractivity contribution in [2.45, 2.75) is 46.1 Å². The van der Waals surface area contributed by atoms with Crippen molar-refractivity contribution >= 4 is 11.6 Å². The van der Waals surface area contributed by atoms with Crippen molar-refractivity contribution in [1.29, 1.82) is 0 Å². The number of hydrogen-bond acceptors (Lipinski definition) is 4. The van der Waals surface area contributed by atoms with Gasteiger partial charge in [0, 0.05) is 29.8 Å². The molecule has 0 bridgehead atoms. The summed E-state index contributed by atoms with van der Waals surface area (Å²) in [5.41, 5.74) is 3.25. The molecule has 0 saturated heterocycles. The molecule has 2 aromatic carbocycles. The molecule has 1 amide bonds. The summed E-state index contributed by atoms with van der Waals surface area (Å²) in [6.45, 7) is 5.44. The van der Waals surface area contributed by atoms with Gasteiger partial charge in [-0.25, -0.2) is 0 Å². The Morgan fingerprint density at radius 1 is 1.14 bits per heavy atom. The van der Waals surface area contributed by atoms with E-state index in [1.54, 1.807) is 6.07 Å². The predicted octanol–water partition coefficient (Wildman–Crippen LogP) is 4.63. The second-order valence-electron chi connectivity index (χ2n) is 7.35. The number of fused-ring (bicyclic) bond motifs is 1. The average Bonchev–Trinajstić information content (AvgIpc) is 2.98. The van der Waals surface area contributed by atoms with Gasteiger partial charge in [-0.1, -0.05) is 18.6 Å². The van der Waals surface area contributed by atoms with E-state index in [2.05, 4.69) is 20.1 Å². The Morgan fingerprint density at radius 2 is 2.03 bits per heavy atom. The van der Waals surface area contributed by atoms with Gasteiger partial charge < -0.3 is 14.6 Å². The van der Waals surface area contributed by atoms with Gasteiger partial charge in [-0.2, -0.15) is 0 Å². The highest BCUT2D eigenvalue weighted by atomic mass is 16.5. The molecule has 1 aromatic heterocycles. The van der Waals surface area contributed by atoms with Crippen LogP contribution in [0.5, 0.6) is 5.75 Å². The Balaban J connectivity index is 1.55. The SMILES string of the molecule is CCOc1ccc(C(=O)Nc2cccc(-c3nnc4n3CCCCC4)c2)cc1C. The minimum atomic E-state index is -0.145. The molecule has 0 aliphatic carbocycles. The lowest BCUT2D eigenvalue weighted by Gasteiger charge is -2.11. The summed E-state index contributed by atoms with van der Waals surface area (Å²) >= 11 is 0. The molecule has 0 saturated carbocycles. The van der Waals surface area contributed by atoms with Crippen LogP contribution in [0.1, 0.15) is 47.9 Å². The topological polar surface area (TPSA) is 69.0 Å². The van der Waals surface area contributed by atoms with Crippen molar-refractivity contribution in [1.82, 2.24) is 14.8 Å². The molecular weight excluding hydrogens is 364 g/mol. The first-order valence-corrected chi connectivity index (χ1v) is 10.2. The third kappa shape index (κ3) is 4.16. The molecule has 6 heteroatoms. The third-order valence-corrected chi connectivity index (χ3v) is 5.23. The van der Waals surface area contributed by atoms with Crippen LogP contribution in [0.4, 0.5) is 5.69 Å². The summed E-state index contributed by atoms with van der Waals surface area (Å²) in [4.78, 5) is 12.7. The van der Waals surface area contributed by atoms with Crippen LogP contribution in [0, 0.1) is 6.92 Å². The number of nitrogens with one attached hydrogen (secondary N) is 1. The third-order valence-electron chi connectivity index (χ3n) is 5.23. The quantitative estimate of drug-likeness (QED) is 0.690. The first-order chi connectivity index (χ1) is 14.2. The normalized spacial score (nSPS) is 13.4. The second kappa shape index (κ2) is 8.47. The summed E-state index contributed by atoms with van der Waals surface area (Å²) in [6, 6.07) is 13.3. The van der Waals surface area contributed by atoms with Crippen LogP contribution in [0.2, 0.25) is 0 Å². The van der Waals surface area contributed by atoms with Crippen molar-refractivity contribution in [3.8, 4) is 17.1 Å². The van der Waals surface area contributed by atoms with Crippen molar-refractivity contribution in [2.24, 2.45) is 0 Å². The fraction of sp³-hybridized carbons (Fsp3) is 0.348. The molecule has 1 aliphatic rings. The summed E-state index contributed by atoms with van der Waals surface area (Å²) in [5, 5.41) is 11.8. The standard InChI is InChI=1S/C23H26N4O2/c1-3-29-20-12-11-18(14-16(20)2)23(28)24-19-9-7-8-17(15-19)22-26-25-21-10-5-4-6-13-27(21)22/h7-9,11-12,14-15H,3-6,10,13H2,1-2H3,(H,24,28). The number of rotatable bonds is 5. The number of anilines is 1. The van der Waals surface area contributed by atoms with Crippen LogP contribution >= 0.6 is 0 Å². The molecular formula is C23H26N4O2. The van der Waals surface area contributed by atoms with E-state index in [-0.39, 0.29) is 5.91 Å². The number of carbonyl (C=O) groups is 1. The Labute approximate surface area is 170 Å². The van der Waals surface area contributed by atoms with Crippen molar-refractivity contribution < 1.29 is 9.53 Å². The molecule has 3 aromatic rings. The molecule has 0 radical (unpaired) electrons. The van der Waals surface area contributed by atoms with Gasteiger partial charge in [-0.15, -0.1) is 10.2 Å². The summed E-state index contributed by atoms with van der Waals surface area (Å²) in [6.07, 6.45) is 4.50. The van der Waals surface area contributed by atoms with Crippen LogP contribution in [-0.2, 0) is 13.0 Å². The molecule has 1 N–H and O–H groups in total. The number of aryl methyl sites for hydroxylation is 2. The Kier molecular flexibility index (Phi) is 5.60. The Bertz CT molecular complexity index is 1030. The van der Waals surface area contributed by atoms with Gasteiger partial charge in [0.2, 0.25) is 0 Å². The van der Waals surface area contributed by atoms with E-state index >= 15 is 0 Å². The highest BCUT2D eigenvalue weighted by Gasteiger charge is 2.16. The molecule has 150 valence electrons. The van der Waals surface area contributed by atoms with E-state index in [0.717, 1.165) is 60.0 Å². The van der Waals surface area contributed by atoms with Crippen LogP contribution in [0.15, 0.2) is 42.5 Å². The van der Waals surface area contributed by atoms with Crippen LogP contribution in [-0.4, -0.2) is 27.3 Å². The van der Waals surface area contributed by atoms with E-state index < -0.39 is 0 Å². The smallest absolute Gasteiger partial charge is 0.255 e. The number of aromatic nitrogens is 3. The molecule has 4 rings (SSSR count). The van der Waals surface area contributed by atoms with Gasteiger partial charge in [-0.3, -0.25) is 4.79 Å². The Morgan fingerprint density at radius 3 is 2.86 bits per heavy atom. The number of ether oxygens (including phenoxy) is 1. The van der Waals surface area contributed by atoms with Gasteiger partial charge in [0.1, 0.15) is 11.6 Å². The maximum Gasteiger partial charge on any atom is 0.255 e. The van der Waals surface area contributed by atoms with Crippen molar-refractivity contribution in [3.05, 3.63) is 59.4 Å². The van der Waals surface area contributed by atoms with Crippen molar-refractivity contribution in [2.75, 3.05) is 11.9 Å². The van der Waals surface area contributed by atoms with E-state index in [9.17, 15) is 4.79 Å². The van der Waals surface area contributed by atoms with Gasteiger partial charge >= 0.3 is 0 Å². The maximum absolute atomic E-state index is 12.7. The highest BCUT2D eigenvalue weighted by molar-refractivity contribution is 6.04. The Hall–Kier alpha value is -3.15. The summed E-state index contributed by atoms with van der Waals surface area (Å²) in [5.74, 6) is 2.58. The average molecular weight is 390 g/mol. The molecule has 29 heavy (non-hydrogen) atoms. The lowest BCUT2D eigenvalue weighted by atomic mass is 10.1. The fourth-order valence-corrected chi connectivity index (χ4v) is 3.75. The maximum atomic E-state index is 12.7. The van der Waals surface area contributed by atoms with E-state index in [4.69, 9.17) is 4.74 Å². The molecule has 0 unspecified atom stereocenters. The zero-order valence-electron chi connectivity index (χ0n) is 16.9. The predicted molar refractivity (Wildman–Crippen MR) is 113 cm³/mol. The lowest BCUT2D eigenvalue weighted by Crippen LogP contribution is -2.12. The molecule has 6 nitrogen and oxygen atoms in total. The van der Waals surface area contributed by atoms with Gasteiger partial charge in [-0.05, 0) is 62.6 Å². The molecule has 0 atom stereocenters. The van der Waals surface area contributed by atoms with Crippen molar-refractivity contribution in [3.63, 3.8) is 0 Å². The van der Waals surface area contributed by atoms with Gasteiger partial charge in [0.05, 0.1) is 6.61 Å². The first-order valence-electron chi connectivity index (χ1n) is 10.2. The van der Waals surface area contributed by atoms with Crippen LogP contribution in [0.25, 0.3) is 11.4 Å². The van der Waals surface area contributed by atoms with E-state index in [1.807, 2.05) is 50.2 Å². The number of amides is 1. The first kappa shape index (κ1) is 19.2. The summed E-state index contributed by atoms with van der Waals surface area (Å²) in [7, 11) is 0. The van der Waals surface area contributed by atoms with Crippen LogP contribution < -0.4 is 10.1 Å². The monoisotopic (exact) mass is 390 g/mol. The number of nitrogens with zero attached hydrogens (tertiary/aromatic N) is 3. The molecule has 2 heterocycles. The molecule has 1 aliphatic heterocycles. The van der Waals surface area contributed by atoms with E-state index in [1.165, 1.54) is 6.42 Å².